The minimum Gasteiger partial charge on any atom is -0.478 e. The number of H-pyrrole nitrogens is 1. The molecule has 2 aliphatic heterocycles. The Morgan fingerprint density at radius 1 is 1.26 bits per heavy atom. The van der Waals surface area contributed by atoms with Crippen molar-refractivity contribution >= 4 is 22.2 Å². The van der Waals surface area contributed by atoms with E-state index in [1.807, 2.05) is 31.2 Å². The normalized spacial score (nSPS) is 21.9. The van der Waals surface area contributed by atoms with Crippen molar-refractivity contribution in [2.45, 2.75) is 43.9 Å². The molecule has 0 amide bonds. The van der Waals surface area contributed by atoms with E-state index in [2.05, 4.69) is 9.88 Å². The molecule has 2 aliphatic rings. The lowest BCUT2D eigenvalue weighted by Gasteiger charge is -2.41. The van der Waals surface area contributed by atoms with Crippen LogP contribution in [0.5, 0.6) is 5.06 Å². The first-order chi connectivity index (χ1) is 16.8. The molecule has 5 rings (SSSR count). The summed E-state index contributed by atoms with van der Waals surface area (Å²) in [4.78, 5) is 7.32. The van der Waals surface area contributed by atoms with Crippen LogP contribution in [0, 0.1) is 5.82 Å². The predicted octanol–water partition coefficient (Wildman–Crippen LogP) is 4.75. The number of benzene rings is 1. The molecule has 0 spiro atoms. The molecule has 0 radical (unpaired) electrons. The summed E-state index contributed by atoms with van der Waals surface area (Å²) < 4.78 is 62.5. The number of fused-ring (bicyclic) bond motifs is 3. The van der Waals surface area contributed by atoms with Crippen LogP contribution in [0.25, 0.3) is 10.9 Å². The number of aromatic amines is 1. The van der Waals surface area contributed by atoms with E-state index in [0.29, 0.717) is 48.1 Å². The molecule has 1 aromatic carbocycles. The van der Waals surface area contributed by atoms with Gasteiger partial charge in [0.2, 0.25) is 0 Å². The van der Waals surface area contributed by atoms with Gasteiger partial charge in [0.15, 0.2) is 5.06 Å². The first-order valence-electron chi connectivity index (χ1n) is 11.9. The lowest BCUT2D eigenvalue weighted by molar-refractivity contribution is -0.0864. The van der Waals surface area contributed by atoms with Gasteiger partial charge in [0.1, 0.15) is 18.5 Å². The first-order valence-corrected chi connectivity index (χ1v) is 12.7. The Labute approximate surface area is 205 Å². The molecular weight excluding hydrogens is 482 g/mol. The van der Waals surface area contributed by atoms with Crippen LogP contribution in [0.2, 0.25) is 0 Å². The molecule has 2 atom stereocenters. The van der Waals surface area contributed by atoms with Crippen molar-refractivity contribution in [3.8, 4) is 5.06 Å². The highest BCUT2D eigenvalue weighted by Crippen LogP contribution is 2.46. The zero-order valence-electron chi connectivity index (χ0n) is 19.4. The van der Waals surface area contributed by atoms with Gasteiger partial charge in [0.25, 0.3) is 5.92 Å². The Morgan fingerprint density at radius 2 is 2.03 bits per heavy atom. The zero-order chi connectivity index (χ0) is 24.7. The number of alkyl halides is 3. The SMILES string of the molecule is C[C@@H]1Cc2c([nH]c3ccccc23)[C@@H](c2sc(OC3CN(CCCF)C3)cc2F)N1CC(F)(F)CO. The Morgan fingerprint density at radius 3 is 2.77 bits per heavy atom. The van der Waals surface area contributed by atoms with E-state index in [4.69, 9.17) is 4.74 Å². The summed E-state index contributed by atoms with van der Waals surface area (Å²) >= 11 is 1.13. The highest BCUT2D eigenvalue weighted by atomic mass is 32.1. The van der Waals surface area contributed by atoms with E-state index in [9.17, 15) is 18.3 Å². The second-order valence-electron chi connectivity index (χ2n) is 9.52. The highest BCUT2D eigenvalue weighted by Gasteiger charge is 2.43. The van der Waals surface area contributed by atoms with E-state index in [-0.39, 0.29) is 18.8 Å². The number of likely N-dealkylation sites (tertiary alicyclic amines) is 1. The standard InChI is InChI=1S/C25H29F4N3O2S/c1-15-9-18-17-5-2-3-6-20(17)30-22(18)23(32(15)13-25(28,29)14-33)24-19(27)10-21(35-24)34-16-11-31(12-16)8-4-7-26/h2-3,5-6,10,15-16,23,30,33H,4,7-9,11-14H2,1H3/t15-,23+/m1/s1. The van der Waals surface area contributed by atoms with Crippen LogP contribution in [0.3, 0.4) is 0 Å². The number of aliphatic hydroxyl groups excluding tert-OH is 1. The fraction of sp³-hybridized carbons (Fsp3) is 0.520. The van der Waals surface area contributed by atoms with Crippen LogP contribution in [0.1, 0.15) is 35.5 Å². The maximum atomic E-state index is 15.4. The average molecular weight is 512 g/mol. The Kier molecular flexibility index (Phi) is 6.82. The molecule has 3 aromatic rings. The molecule has 10 heteroatoms. The maximum absolute atomic E-state index is 15.4. The number of nitrogens with zero attached hydrogens (tertiary/aromatic N) is 2. The molecule has 0 saturated carbocycles. The minimum absolute atomic E-state index is 0.107. The highest BCUT2D eigenvalue weighted by molar-refractivity contribution is 7.14. The molecular formula is C25H29F4N3O2S. The number of hydrogen-bond acceptors (Lipinski definition) is 5. The number of para-hydroxylation sites is 1. The third kappa shape index (κ3) is 4.81. The van der Waals surface area contributed by atoms with Crippen molar-refractivity contribution in [2.75, 3.05) is 39.5 Å². The van der Waals surface area contributed by atoms with Gasteiger partial charge in [-0.05, 0) is 31.4 Å². The molecule has 2 N–H and O–H groups in total. The number of rotatable bonds is 9. The Hall–Kier alpha value is -2.14. The fourth-order valence-electron chi connectivity index (χ4n) is 5.19. The van der Waals surface area contributed by atoms with Crippen LogP contribution in [0.15, 0.2) is 30.3 Å². The largest absolute Gasteiger partial charge is 0.478 e. The van der Waals surface area contributed by atoms with E-state index in [1.165, 1.54) is 6.07 Å². The molecule has 1 fully saturated rings. The van der Waals surface area contributed by atoms with Crippen molar-refractivity contribution in [3.05, 3.63) is 52.3 Å². The predicted molar refractivity (Wildman–Crippen MR) is 128 cm³/mol. The number of hydrogen-bond donors (Lipinski definition) is 2. The van der Waals surface area contributed by atoms with Gasteiger partial charge in [0, 0.05) is 48.3 Å². The van der Waals surface area contributed by atoms with Gasteiger partial charge in [-0.25, -0.2) is 13.2 Å². The molecule has 35 heavy (non-hydrogen) atoms. The summed E-state index contributed by atoms with van der Waals surface area (Å²) in [6, 6.07) is 8.00. The fourth-order valence-corrected chi connectivity index (χ4v) is 6.27. The third-order valence-electron chi connectivity index (χ3n) is 6.92. The van der Waals surface area contributed by atoms with Crippen LogP contribution in [-0.4, -0.2) is 77.4 Å². The third-order valence-corrected chi connectivity index (χ3v) is 7.97. The molecule has 5 nitrogen and oxygen atoms in total. The lowest BCUT2D eigenvalue weighted by atomic mass is 9.91. The van der Waals surface area contributed by atoms with Gasteiger partial charge < -0.3 is 14.8 Å². The number of halogens is 4. The second-order valence-corrected chi connectivity index (χ2v) is 10.6. The number of thiophene rings is 1. The van der Waals surface area contributed by atoms with Crippen molar-refractivity contribution in [2.24, 2.45) is 0 Å². The van der Waals surface area contributed by atoms with Gasteiger partial charge in [-0.2, -0.15) is 0 Å². The lowest BCUT2D eigenvalue weighted by Crippen LogP contribution is -2.53. The molecule has 0 unspecified atom stereocenters. The van der Waals surface area contributed by atoms with Crippen molar-refractivity contribution in [1.29, 1.82) is 0 Å². The summed E-state index contributed by atoms with van der Waals surface area (Å²) in [5, 5.41) is 10.6. The molecule has 1 saturated heterocycles. The maximum Gasteiger partial charge on any atom is 0.283 e. The number of ether oxygens (including phenoxy) is 1. The monoisotopic (exact) mass is 511 g/mol. The Balaban J connectivity index is 1.47. The van der Waals surface area contributed by atoms with E-state index in [1.54, 1.807) is 4.90 Å². The molecule has 2 aromatic heterocycles. The number of aliphatic hydroxyl groups is 1. The smallest absolute Gasteiger partial charge is 0.283 e. The zero-order valence-corrected chi connectivity index (χ0v) is 20.3. The summed E-state index contributed by atoms with van der Waals surface area (Å²) in [6.45, 7) is 1.50. The molecule has 0 aliphatic carbocycles. The van der Waals surface area contributed by atoms with Crippen molar-refractivity contribution < 1.29 is 27.4 Å². The summed E-state index contributed by atoms with van der Waals surface area (Å²) in [6.07, 6.45) is 0.903. The number of nitrogens with one attached hydrogen (secondary N) is 1. The summed E-state index contributed by atoms with van der Waals surface area (Å²) in [5.41, 5.74) is 2.58. The van der Waals surface area contributed by atoms with Crippen LogP contribution in [0.4, 0.5) is 17.6 Å². The van der Waals surface area contributed by atoms with E-state index < -0.39 is 30.9 Å². The van der Waals surface area contributed by atoms with Gasteiger partial charge in [0.05, 0.1) is 24.1 Å². The average Bonchev–Trinajstić information content (AvgIpc) is 3.35. The van der Waals surface area contributed by atoms with Gasteiger partial charge >= 0.3 is 0 Å². The minimum atomic E-state index is -3.32. The van der Waals surface area contributed by atoms with Crippen molar-refractivity contribution in [3.63, 3.8) is 0 Å². The molecule has 190 valence electrons. The molecule has 4 heterocycles. The van der Waals surface area contributed by atoms with Crippen LogP contribution >= 0.6 is 11.3 Å². The van der Waals surface area contributed by atoms with E-state index in [0.717, 1.165) is 27.8 Å². The van der Waals surface area contributed by atoms with Crippen molar-refractivity contribution in [1.82, 2.24) is 14.8 Å². The van der Waals surface area contributed by atoms with Gasteiger partial charge in [-0.3, -0.25) is 14.2 Å². The van der Waals surface area contributed by atoms with Gasteiger partial charge in [-0.15, -0.1) is 0 Å². The Bertz CT molecular complexity index is 1180. The van der Waals surface area contributed by atoms with Crippen LogP contribution < -0.4 is 4.74 Å². The molecule has 0 bridgehead atoms. The van der Waals surface area contributed by atoms with Crippen LogP contribution in [-0.2, 0) is 6.42 Å². The summed E-state index contributed by atoms with van der Waals surface area (Å²) in [5.74, 6) is -3.82. The quantitative estimate of drug-likeness (QED) is 0.407. The second kappa shape index (κ2) is 9.72. The van der Waals surface area contributed by atoms with E-state index >= 15 is 4.39 Å². The van der Waals surface area contributed by atoms with Gasteiger partial charge in [-0.1, -0.05) is 29.5 Å². The summed E-state index contributed by atoms with van der Waals surface area (Å²) in [7, 11) is 0. The first kappa shape index (κ1) is 24.5. The topological polar surface area (TPSA) is 51.7 Å². The number of aromatic nitrogens is 1.